The van der Waals surface area contributed by atoms with Gasteiger partial charge in [0.2, 0.25) is 0 Å². The van der Waals surface area contributed by atoms with Crippen molar-refractivity contribution in [2.45, 2.75) is 69.4 Å². The molecule has 3 nitrogen and oxygen atoms in total. The Morgan fingerprint density at radius 3 is 2.59 bits per heavy atom. The lowest BCUT2D eigenvalue weighted by Gasteiger charge is -2.37. The van der Waals surface area contributed by atoms with Crippen LogP contribution in [0.1, 0.15) is 57.8 Å². The van der Waals surface area contributed by atoms with E-state index in [9.17, 15) is 5.11 Å². The quantitative estimate of drug-likeness (QED) is 0.773. The van der Waals surface area contributed by atoms with Gasteiger partial charge in [-0.15, -0.1) is 0 Å². The molecule has 17 heavy (non-hydrogen) atoms. The van der Waals surface area contributed by atoms with E-state index < -0.39 is 5.60 Å². The van der Waals surface area contributed by atoms with Gasteiger partial charge < -0.3 is 10.2 Å². The molecule has 0 aromatic rings. The third-order valence-electron chi connectivity index (χ3n) is 4.48. The van der Waals surface area contributed by atoms with Gasteiger partial charge in [0, 0.05) is 19.2 Å². The third-order valence-corrected chi connectivity index (χ3v) is 4.48. The SMILES string of the molecule is OCCCC1CCCN1CC1(O)CCCCC1. The van der Waals surface area contributed by atoms with Gasteiger partial charge in [0.05, 0.1) is 5.60 Å². The second-order valence-electron chi connectivity index (χ2n) is 5.92. The largest absolute Gasteiger partial charge is 0.396 e. The molecule has 100 valence electrons. The molecule has 2 aliphatic rings. The molecule has 1 atom stereocenters. The first-order valence-electron chi connectivity index (χ1n) is 7.31. The van der Waals surface area contributed by atoms with Crippen molar-refractivity contribution in [2.75, 3.05) is 19.7 Å². The van der Waals surface area contributed by atoms with Crippen molar-refractivity contribution in [2.24, 2.45) is 0 Å². The summed E-state index contributed by atoms with van der Waals surface area (Å²) in [6, 6.07) is 0.605. The normalized spacial score (nSPS) is 29.6. The van der Waals surface area contributed by atoms with Crippen LogP contribution in [0.15, 0.2) is 0 Å². The molecular formula is C14H27NO2. The van der Waals surface area contributed by atoms with Crippen LogP contribution in [0.3, 0.4) is 0 Å². The topological polar surface area (TPSA) is 43.7 Å². The van der Waals surface area contributed by atoms with Crippen molar-refractivity contribution in [3.8, 4) is 0 Å². The van der Waals surface area contributed by atoms with Gasteiger partial charge in [0.15, 0.2) is 0 Å². The van der Waals surface area contributed by atoms with Crippen molar-refractivity contribution < 1.29 is 10.2 Å². The van der Waals surface area contributed by atoms with Crippen LogP contribution in [-0.2, 0) is 0 Å². The predicted molar refractivity (Wildman–Crippen MR) is 68.9 cm³/mol. The molecule has 2 N–H and O–H groups in total. The minimum atomic E-state index is -0.417. The highest BCUT2D eigenvalue weighted by atomic mass is 16.3. The predicted octanol–water partition coefficient (Wildman–Crippen LogP) is 1.92. The summed E-state index contributed by atoms with van der Waals surface area (Å²) in [5.74, 6) is 0. The maximum absolute atomic E-state index is 10.6. The van der Waals surface area contributed by atoms with Crippen molar-refractivity contribution in [1.29, 1.82) is 0 Å². The maximum atomic E-state index is 10.6. The van der Waals surface area contributed by atoms with Crippen molar-refractivity contribution in [3.05, 3.63) is 0 Å². The van der Waals surface area contributed by atoms with Gasteiger partial charge in [-0.1, -0.05) is 19.3 Å². The second-order valence-corrected chi connectivity index (χ2v) is 5.92. The Labute approximate surface area is 105 Å². The molecule has 1 heterocycles. The number of aliphatic hydroxyl groups excluding tert-OH is 1. The summed E-state index contributed by atoms with van der Waals surface area (Å²) in [4.78, 5) is 2.47. The van der Waals surface area contributed by atoms with E-state index in [1.165, 1.54) is 32.1 Å². The lowest BCUT2D eigenvalue weighted by Crippen LogP contribution is -2.46. The standard InChI is InChI=1S/C14H27NO2/c16-11-5-7-13-6-4-10-15(13)12-14(17)8-2-1-3-9-14/h13,16-17H,1-12H2. The van der Waals surface area contributed by atoms with E-state index in [1.54, 1.807) is 0 Å². The molecule has 1 saturated heterocycles. The summed E-state index contributed by atoms with van der Waals surface area (Å²) >= 11 is 0. The number of aliphatic hydroxyl groups is 2. The van der Waals surface area contributed by atoms with Gasteiger partial charge in [0.25, 0.3) is 0 Å². The minimum Gasteiger partial charge on any atom is -0.396 e. The van der Waals surface area contributed by atoms with E-state index in [-0.39, 0.29) is 0 Å². The van der Waals surface area contributed by atoms with Crippen molar-refractivity contribution >= 4 is 0 Å². The zero-order valence-electron chi connectivity index (χ0n) is 10.9. The Morgan fingerprint density at radius 1 is 1.12 bits per heavy atom. The fourth-order valence-electron chi connectivity index (χ4n) is 3.50. The van der Waals surface area contributed by atoms with Crippen LogP contribution >= 0.6 is 0 Å². The molecule has 2 fully saturated rings. The number of nitrogens with zero attached hydrogens (tertiary/aromatic N) is 1. The Morgan fingerprint density at radius 2 is 1.88 bits per heavy atom. The smallest absolute Gasteiger partial charge is 0.0774 e. The summed E-state index contributed by atoms with van der Waals surface area (Å²) in [6.07, 6.45) is 10.1. The van der Waals surface area contributed by atoms with E-state index in [0.717, 1.165) is 38.8 Å². The van der Waals surface area contributed by atoms with E-state index in [2.05, 4.69) is 4.90 Å². The zero-order valence-corrected chi connectivity index (χ0v) is 10.9. The molecule has 3 heteroatoms. The Kier molecular flexibility index (Phi) is 4.83. The van der Waals surface area contributed by atoms with Crippen molar-refractivity contribution in [1.82, 2.24) is 4.90 Å². The molecule has 2 rings (SSSR count). The monoisotopic (exact) mass is 241 g/mol. The summed E-state index contributed by atoms with van der Waals surface area (Å²) < 4.78 is 0. The third kappa shape index (κ3) is 3.67. The summed E-state index contributed by atoms with van der Waals surface area (Å²) in [5.41, 5.74) is -0.417. The van der Waals surface area contributed by atoms with Gasteiger partial charge in [-0.3, -0.25) is 4.90 Å². The Hall–Kier alpha value is -0.120. The highest BCUT2D eigenvalue weighted by Crippen LogP contribution is 2.31. The van der Waals surface area contributed by atoms with Crippen LogP contribution < -0.4 is 0 Å². The van der Waals surface area contributed by atoms with E-state index >= 15 is 0 Å². The molecule has 0 aromatic carbocycles. The zero-order chi connectivity index (χ0) is 12.1. The van der Waals surface area contributed by atoms with Gasteiger partial charge in [0.1, 0.15) is 0 Å². The van der Waals surface area contributed by atoms with Crippen molar-refractivity contribution in [3.63, 3.8) is 0 Å². The van der Waals surface area contributed by atoms with Gasteiger partial charge in [-0.25, -0.2) is 0 Å². The van der Waals surface area contributed by atoms with Crippen LogP contribution in [0.4, 0.5) is 0 Å². The Bertz CT molecular complexity index is 226. The molecule has 1 unspecified atom stereocenters. The molecule has 0 bridgehead atoms. The fourth-order valence-corrected chi connectivity index (χ4v) is 3.50. The van der Waals surface area contributed by atoms with Gasteiger partial charge >= 0.3 is 0 Å². The average molecular weight is 241 g/mol. The number of hydrogen-bond donors (Lipinski definition) is 2. The minimum absolute atomic E-state index is 0.300. The first kappa shape index (κ1) is 13.3. The average Bonchev–Trinajstić information content (AvgIpc) is 2.74. The highest BCUT2D eigenvalue weighted by Gasteiger charge is 2.35. The summed E-state index contributed by atoms with van der Waals surface area (Å²) in [5, 5.41) is 19.5. The van der Waals surface area contributed by atoms with Gasteiger partial charge in [-0.2, -0.15) is 0 Å². The van der Waals surface area contributed by atoms with E-state index in [4.69, 9.17) is 5.11 Å². The lowest BCUT2D eigenvalue weighted by atomic mass is 9.84. The molecular weight excluding hydrogens is 214 g/mol. The van der Waals surface area contributed by atoms with Gasteiger partial charge in [-0.05, 0) is 45.1 Å². The highest BCUT2D eigenvalue weighted by molar-refractivity contribution is 4.90. The number of β-amino-alcohol motifs (C(OH)–C–C–N with tert-alkyl or cyclic N) is 1. The van der Waals surface area contributed by atoms with E-state index in [0.29, 0.717) is 12.6 Å². The van der Waals surface area contributed by atoms with Crippen LogP contribution in [0, 0.1) is 0 Å². The maximum Gasteiger partial charge on any atom is 0.0774 e. The van der Waals surface area contributed by atoms with E-state index in [1.807, 2.05) is 0 Å². The van der Waals surface area contributed by atoms with Crippen LogP contribution in [-0.4, -0.2) is 46.5 Å². The van der Waals surface area contributed by atoms with Crippen LogP contribution in [0.2, 0.25) is 0 Å². The number of likely N-dealkylation sites (tertiary alicyclic amines) is 1. The molecule has 0 spiro atoms. The fraction of sp³-hybridized carbons (Fsp3) is 1.00. The molecule has 0 aromatic heterocycles. The van der Waals surface area contributed by atoms with Crippen LogP contribution in [0.25, 0.3) is 0 Å². The number of hydrogen-bond acceptors (Lipinski definition) is 3. The first-order chi connectivity index (χ1) is 8.23. The van der Waals surface area contributed by atoms with Crippen LogP contribution in [0.5, 0.6) is 0 Å². The lowest BCUT2D eigenvalue weighted by molar-refractivity contribution is -0.0299. The molecule has 1 aliphatic heterocycles. The summed E-state index contributed by atoms with van der Waals surface area (Å²) in [7, 11) is 0. The molecule has 1 aliphatic carbocycles. The molecule has 0 amide bonds. The molecule has 1 saturated carbocycles. The Balaban J connectivity index is 1.83. The molecule has 0 radical (unpaired) electrons. The summed E-state index contributed by atoms with van der Waals surface area (Å²) in [6.45, 7) is 2.30. The number of rotatable bonds is 5. The second kappa shape index (κ2) is 6.17. The first-order valence-corrected chi connectivity index (χ1v) is 7.31.